The summed E-state index contributed by atoms with van der Waals surface area (Å²) in [6, 6.07) is 29.1. The Morgan fingerprint density at radius 1 is 0.422 bits per heavy atom. The Kier molecular flexibility index (Phi) is 15.9. The first kappa shape index (κ1) is 48.1. The summed E-state index contributed by atoms with van der Waals surface area (Å²) in [5, 5.41) is 30.4. The smallest absolute Gasteiger partial charge is 0.354 e. The number of rotatable bonds is 12. The molecule has 1 saturated heterocycles. The molecule has 333 valence electrons. The average Bonchev–Trinajstić information content (AvgIpc) is 3.31. The number of aromatic carboxylic acids is 3. The second-order valence-corrected chi connectivity index (χ2v) is 16.9. The van der Waals surface area contributed by atoms with Gasteiger partial charge in [0.1, 0.15) is 17.1 Å². The van der Waals surface area contributed by atoms with Crippen LogP contribution in [0.1, 0.15) is 81.9 Å². The Labute approximate surface area is 405 Å². The molecule has 1 fully saturated rings. The number of carbonyl (C=O) groups is 3. The summed E-state index contributed by atoms with van der Waals surface area (Å²) < 4.78 is 0. The van der Waals surface area contributed by atoms with Crippen LogP contribution in [0.2, 0.25) is 0 Å². The number of carboxylic acid groups (broad SMARTS) is 3. The zero-order chi connectivity index (χ0) is 44.9. The van der Waals surface area contributed by atoms with Crippen molar-refractivity contribution >= 4 is 17.9 Å². The van der Waals surface area contributed by atoms with Gasteiger partial charge < -0.3 is 15.3 Å². The van der Waals surface area contributed by atoms with E-state index in [0.717, 1.165) is 66.8 Å². The van der Waals surface area contributed by atoms with Crippen LogP contribution in [0, 0.1) is 80.2 Å². The Hall–Kier alpha value is -5.31. The van der Waals surface area contributed by atoms with Crippen LogP contribution in [-0.2, 0) is 19.6 Å². The maximum atomic E-state index is 12.4. The monoisotopic (exact) mass is 1010 g/mol. The van der Waals surface area contributed by atoms with Crippen molar-refractivity contribution in [3.63, 3.8) is 0 Å². The Bertz CT molecular complexity index is 2420. The summed E-state index contributed by atoms with van der Waals surface area (Å²) in [5.41, 5.74) is 13.5. The Balaban J connectivity index is 0.00000680. The molecule has 1 radical (unpaired) electrons. The predicted octanol–water partition coefficient (Wildman–Crippen LogP) is 8.64. The molecular formula is C51H54N6O6Tb. The van der Waals surface area contributed by atoms with Crippen LogP contribution in [-0.4, -0.2) is 102 Å². The number of nitrogens with zero attached hydrogens (tertiary/aromatic N) is 6. The maximum absolute atomic E-state index is 12.4. The molecule has 7 rings (SSSR count). The van der Waals surface area contributed by atoms with E-state index >= 15 is 0 Å². The van der Waals surface area contributed by atoms with Crippen molar-refractivity contribution < 1.29 is 68.3 Å². The normalized spacial score (nSPS) is 14.0. The van der Waals surface area contributed by atoms with E-state index in [0.29, 0.717) is 76.0 Å². The van der Waals surface area contributed by atoms with Gasteiger partial charge in [-0.3, -0.25) is 14.7 Å². The summed E-state index contributed by atoms with van der Waals surface area (Å²) in [5.74, 6) is -3.30. The van der Waals surface area contributed by atoms with E-state index in [2.05, 4.69) is 47.9 Å². The maximum Gasteiger partial charge on any atom is 0.354 e. The zero-order valence-corrected chi connectivity index (χ0v) is 39.2. The van der Waals surface area contributed by atoms with Crippen molar-refractivity contribution in [3.05, 3.63) is 159 Å². The van der Waals surface area contributed by atoms with Gasteiger partial charge in [-0.1, -0.05) is 71.3 Å². The molecule has 3 aromatic heterocycles. The van der Waals surface area contributed by atoms with E-state index in [1.54, 1.807) is 18.2 Å². The van der Waals surface area contributed by atoms with Gasteiger partial charge in [-0.2, -0.15) is 0 Å². The van der Waals surface area contributed by atoms with Crippen molar-refractivity contribution in [1.82, 2.24) is 29.7 Å². The van der Waals surface area contributed by atoms with E-state index in [4.69, 9.17) is 0 Å². The first-order valence-electron chi connectivity index (χ1n) is 21.2. The van der Waals surface area contributed by atoms with Gasteiger partial charge in [0.2, 0.25) is 0 Å². The van der Waals surface area contributed by atoms with Crippen LogP contribution in [0.15, 0.2) is 91.0 Å². The van der Waals surface area contributed by atoms with Crippen molar-refractivity contribution in [2.45, 2.75) is 61.2 Å². The molecule has 0 unspecified atom stereocenters. The molecule has 64 heavy (non-hydrogen) atoms. The fourth-order valence-electron chi connectivity index (χ4n) is 8.56. The van der Waals surface area contributed by atoms with Gasteiger partial charge in [0.05, 0.1) is 17.1 Å². The number of aryl methyl sites for hydroxylation is 6. The van der Waals surface area contributed by atoms with Gasteiger partial charge >= 0.3 is 17.9 Å². The molecule has 0 spiro atoms. The number of aromatic nitrogens is 3. The number of benzene rings is 3. The number of pyridine rings is 3. The minimum Gasteiger partial charge on any atom is -0.477 e. The van der Waals surface area contributed by atoms with Gasteiger partial charge in [0.15, 0.2) is 0 Å². The van der Waals surface area contributed by atoms with E-state index in [9.17, 15) is 29.7 Å². The molecule has 3 aromatic carbocycles. The predicted molar refractivity (Wildman–Crippen MR) is 244 cm³/mol. The van der Waals surface area contributed by atoms with Crippen LogP contribution in [0.5, 0.6) is 0 Å². The zero-order valence-electron chi connectivity index (χ0n) is 37.1. The van der Waals surface area contributed by atoms with Gasteiger partial charge in [-0.25, -0.2) is 29.3 Å². The van der Waals surface area contributed by atoms with Crippen molar-refractivity contribution in [1.29, 1.82) is 0 Å². The largest absolute Gasteiger partial charge is 0.477 e. The third-order valence-corrected chi connectivity index (χ3v) is 11.7. The quantitative estimate of drug-likeness (QED) is 0.107. The summed E-state index contributed by atoms with van der Waals surface area (Å²) in [4.78, 5) is 57.8. The van der Waals surface area contributed by atoms with E-state index in [1.165, 1.54) is 0 Å². The molecule has 1 aliphatic heterocycles. The van der Waals surface area contributed by atoms with Crippen LogP contribution in [0.4, 0.5) is 0 Å². The molecule has 1 aliphatic rings. The van der Waals surface area contributed by atoms with E-state index < -0.39 is 17.9 Å². The first-order valence-corrected chi connectivity index (χ1v) is 21.2. The molecule has 3 N–H and O–H groups in total. The van der Waals surface area contributed by atoms with E-state index in [1.807, 2.05) is 96.1 Å². The fourth-order valence-corrected chi connectivity index (χ4v) is 8.56. The molecular weight excluding hydrogens is 952 g/mol. The minimum absolute atomic E-state index is 0. The first-order chi connectivity index (χ1) is 30.1. The third-order valence-electron chi connectivity index (χ3n) is 11.7. The minimum atomic E-state index is -1.10. The Morgan fingerprint density at radius 2 is 0.672 bits per heavy atom. The molecule has 0 amide bonds. The van der Waals surface area contributed by atoms with Crippen LogP contribution < -0.4 is 0 Å². The van der Waals surface area contributed by atoms with Gasteiger partial charge in [-0.15, -0.1) is 0 Å². The SMILES string of the molecule is Cc1ccc(-c2cc(CN3CCN(Cc4cc(-c5ccc(C)cc5C)cc(C(=O)O)n4)CCN(Cc4cc(-c5ccc(C)cc5C)cc(C(=O)O)n4)CC3)nc(C(=O)O)c2)c(C)c1.[Tb]. The van der Waals surface area contributed by atoms with Gasteiger partial charge in [0, 0.05) is 97.5 Å². The second kappa shape index (κ2) is 21.1. The number of carboxylic acids is 3. The van der Waals surface area contributed by atoms with Crippen molar-refractivity contribution in [2.24, 2.45) is 0 Å². The third kappa shape index (κ3) is 12.1. The molecule has 0 bridgehead atoms. The number of hydrogen-bond donors (Lipinski definition) is 3. The van der Waals surface area contributed by atoms with Gasteiger partial charge in [-0.05, 0) is 128 Å². The number of hydrogen-bond acceptors (Lipinski definition) is 9. The second-order valence-electron chi connectivity index (χ2n) is 16.9. The Morgan fingerprint density at radius 3 is 0.891 bits per heavy atom. The molecule has 0 aliphatic carbocycles. The molecule has 6 aromatic rings. The van der Waals surface area contributed by atoms with Crippen LogP contribution in [0.25, 0.3) is 33.4 Å². The van der Waals surface area contributed by atoms with Gasteiger partial charge in [0.25, 0.3) is 0 Å². The summed E-state index contributed by atoms with van der Waals surface area (Å²) in [6.45, 7) is 16.9. The topological polar surface area (TPSA) is 160 Å². The van der Waals surface area contributed by atoms with E-state index in [-0.39, 0.29) is 55.7 Å². The molecule has 12 nitrogen and oxygen atoms in total. The summed E-state index contributed by atoms with van der Waals surface area (Å²) in [7, 11) is 0. The van der Waals surface area contributed by atoms with Crippen LogP contribution in [0.3, 0.4) is 0 Å². The fraction of sp³-hybridized carbons (Fsp3) is 0.294. The standard InChI is InChI=1S/C51H54N6O6.Tb/c1-31-7-10-43(34(4)19-31)37-22-40(52-46(25-37)49(58)59)28-55-13-15-56(29-41-23-38(26-47(53-41)50(60)61)44-11-8-32(2)20-35(44)5)17-18-57(16-14-55)30-42-24-39(27-48(54-42)51(62)63)45-12-9-33(3)21-36(45)6;/h7-12,19-27H,13-18,28-30H2,1-6H3,(H,58,59)(H,60,61)(H,62,63);. The summed E-state index contributed by atoms with van der Waals surface area (Å²) in [6.07, 6.45) is 0. The molecule has 13 heteroatoms. The molecule has 0 atom stereocenters. The molecule has 4 heterocycles. The average molecular weight is 1010 g/mol. The molecule has 0 saturated carbocycles. The summed E-state index contributed by atoms with van der Waals surface area (Å²) >= 11 is 0. The van der Waals surface area contributed by atoms with Crippen molar-refractivity contribution in [2.75, 3.05) is 39.3 Å². The van der Waals surface area contributed by atoms with Crippen LogP contribution >= 0.6 is 0 Å². The van der Waals surface area contributed by atoms with Crippen molar-refractivity contribution in [3.8, 4) is 33.4 Å².